The molecule has 1 fully saturated rings. The topological polar surface area (TPSA) is 101 Å². The van der Waals surface area contributed by atoms with Crippen LogP contribution in [0.1, 0.15) is 25.0 Å². The highest BCUT2D eigenvalue weighted by Gasteiger charge is 2.35. The third-order valence-corrected chi connectivity index (χ3v) is 4.09. The zero-order chi connectivity index (χ0) is 16.5. The molecule has 3 heterocycles. The number of rotatable bonds is 4. The van der Waals surface area contributed by atoms with Crippen LogP contribution < -0.4 is 10.6 Å². The number of aromatic amines is 1. The molecule has 122 valence electrons. The Hall–Kier alpha value is -3.16. The fourth-order valence-electron chi connectivity index (χ4n) is 2.62. The van der Waals surface area contributed by atoms with E-state index < -0.39 is 0 Å². The van der Waals surface area contributed by atoms with E-state index in [0.29, 0.717) is 29.2 Å². The molecule has 4 rings (SSSR count). The Kier molecular flexibility index (Phi) is 3.49. The number of nitrogens with one attached hydrogen (secondary N) is 3. The molecule has 3 aromatic heterocycles. The highest BCUT2D eigenvalue weighted by atomic mass is 16.2. The molecule has 0 aliphatic heterocycles. The first-order valence-electron chi connectivity index (χ1n) is 7.78. The third kappa shape index (κ3) is 2.98. The van der Waals surface area contributed by atoms with Gasteiger partial charge in [0.25, 0.3) is 0 Å². The number of carbonyl (C=O) groups excluding carboxylic acids is 1. The molecule has 24 heavy (non-hydrogen) atoms. The van der Waals surface area contributed by atoms with Crippen LogP contribution >= 0.6 is 0 Å². The second kappa shape index (κ2) is 5.80. The van der Waals surface area contributed by atoms with Crippen molar-refractivity contribution in [3.63, 3.8) is 0 Å². The Morgan fingerprint density at radius 2 is 2.25 bits per heavy atom. The van der Waals surface area contributed by atoms with Crippen LogP contribution in [-0.2, 0) is 0 Å². The summed E-state index contributed by atoms with van der Waals surface area (Å²) in [6.45, 7) is 2.20. The van der Waals surface area contributed by atoms with Crippen LogP contribution in [0.3, 0.4) is 0 Å². The molecule has 0 spiro atoms. The minimum atomic E-state index is -0.356. The van der Waals surface area contributed by atoms with Crippen LogP contribution in [0, 0.1) is 5.92 Å². The van der Waals surface area contributed by atoms with Gasteiger partial charge >= 0.3 is 6.03 Å². The summed E-state index contributed by atoms with van der Waals surface area (Å²) in [6, 6.07) is 6.90. The van der Waals surface area contributed by atoms with Gasteiger partial charge in [0.2, 0.25) is 0 Å². The Morgan fingerprint density at radius 3 is 2.92 bits per heavy atom. The molecule has 0 saturated heterocycles. The molecular formula is C16H17N7O. The van der Waals surface area contributed by atoms with E-state index in [1.165, 1.54) is 6.42 Å². The number of carbonyl (C=O) groups is 1. The SMILES string of the molecule is C[C@H]1C[C@@H]1c1cc(NC(=O)Nc2ccc(-n3cccn3)nc2)n[nH]1. The van der Waals surface area contributed by atoms with Crippen molar-refractivity contribution >= 4 is 17.5 Å². The van der Waals surface area contributed by atoms with Gasteiger partial charge in [-0.25, -0.2) is 14.5 Å². The van der Waals surface area contributed by atoms with Gasteiger partial charge in [-0.2, -0.15) is 10.2 Å². The van der Waals surface area contributed by atoms with E-state index >= 15 is 0 Å². The predicted octanol–water partition coefficient (Wildman–Crippen LogP) is 2.76. The maximum absolute atomic E-state index is 12.0. The quantitative estimate of drug-likeness (QED) is 0.687. The number of nitrogens with zero attached hydrogens (tertiary/aromatic N) is 4. The number of hydrogen-bond acceptors (Lipinski definition) is 4. The number of amides is 2. The van der Waals surface area contributed by atoms with Crippen LogP contribution in [0.4, 0.5) is 16.3 Å². The number of hydrogen-bond donors (Lipinski definition) is 3. The molecule has 1 saturated carbocycles. The predicted molar refractivity (Wildman–Crippen MR) is 89.1 cm³/mol. The van der Waals surface area contributed by atoms with Gasteiger partial charge in [0.1, 0.15) is 0 Å². The second-order valence-corrected chi connectivity index (χ2v) is 5.96. The summed E-state index contributed by atoms with van der Waals surface area (Å²) in [6.07, 6.45) is 6.24. The first kappa shape index (κ1) is 14.4. The Labute approximate surface area is 138 Å². The van der Waals surface area contributed by atoms with Crippen molar-refractivity contribution in [1.82, 2.24) is 25.0 Å². The normalized spacial score (nSPS) is 19.0. The van der Waals surface area contributed by atoms with E-state index in [1.807, 2.05) is 12.1 Å². The van der Waals surface area contributed by atoms with Crippen molar-refractivity contribution in [2.24, 2.45) is 5.92 Å². The van der Waals surface area contributed by atoms with Crippen LogP contribution in [0.15, 0.2) is 42.9 Å². The summed E-state index contributed by atoms with van der Waals surface area (Å²) in [5.74, 6) is 2.42. The number of urea groups is 1. The molecule has 8 heteroatoms. The summed E-state index contributed by atoms with van der Waals surface area (Å²) in [4.78, 5) is 16.3. The van der Waals surface area contributed by atoms with E-state index in [0.717, 1.165) is 5.69 Å². The molecule has 8 nitrogen and oxygen atoms in total. The maximum atomic E-state index is 12.0. The number of pyridine rings is 1. The van der Waals surface area contributed by atoms with Gasteiger partial charge < -0.3 is 5.32 Å². The molecule has 1 aliphatic rings. The standard InChI is InChI=1S/C16H17N7O/c1-10-7-12(10)13-8-14(22-21-13)20-16(24)19-11-3-4-15(17-9-11)23-6-2-5-18-23/h2-6,8-10,12H,7H2,1H3,(H3,19,20,21,22,24)/t10-,12-/m0/s1. The summed E-state index contributed by atoms with van der Waals surface area (Å²) in [5, 5.41) is 16.6. The lowest BCUT2D eigenvalue weighted by molar-refractivity contribution is 0.262. The minimum Gasteiger partial charge on any atom is -0.306 e. The highest BCUT2D eigenvalue weighted by Crippen LogP contribution is 2.46. The number of H-pyrrole nitrogens is 1. The lowest BCUT2D eigenvalue weighted by Crippen LogP contribution is -2.19. The van der Waals surface area contributed by atoms with E-state index in [-0.39, 0.29) is 6.03 Å². The van der Waals surface area contributed by atoms with E-state index in [2.05, 4.69) is 37.8 Å². The number of anilines is 2. The van der Waals surface area contributed by atoms with Gasteiger partial charge in [-0.05, 0) is 30.5 Å². The van der Waals surface area contributed by atoms with Gasteiger partial charge in [-0.3, -0.25) is 10.4 Å². The van der Waals surface area contributed by atoms with Crippen molar-refractivity contribution in [2.75, 3.05) is 10.6 Å². The molecular weight excluding hydrogens is 306 g/mol. The van der Waals surface area contributed by atoms with Crippen molar-refractivity contribution < 1.29 is 4.79 Å². The lowest BCUT2D eigenvalue weighted by atomic mass is 10.2. The summed E-state index contributed by atoms with van der Waals surface area (Å²) in [5.41, 5.74) is 1.66. The lowest BCUT2D eigenvalue weighted by Gasteiger charge is -2.06. The molecule has 0 aromatic carbocycles. The van der Waals surface area contributed by atoms with Crippen LogP contribution in [-0.4, -0.2) is 31.0 Å². The fourth-order valence-corrected chi connectivity index (χ4v) is 2.62. The summed E-state index contributed by atoms with van der Waals surface area (Å²) < 4.78 is 1.65. The summed E-state index contributed by atoms with van der Waals surface area (Å²) >= 11 is 0. The van der Waals surface area contributed by atoms with E-state index in [4.69, 9.17) is 0 Å². The van der Waals surface area contributed by atoms with Crippen LogP contribution in [0.25, 0.3) is 5.82 Å². The maximum Gasteiger partial charge on any atom is 0.324 e. The van der Waals surface area contributed by atoms with Crippen molar-refractivity contribution in [1.29, 1.82) is 0 Å². The van der Waals surface area contributed by atoms with Gasteiger partial charge in [-0.1, -0.05) is 6.92 Å². The molecule has 0 radical (unpaired) electrons. The Bertz CT molecular complexity index is 838. The van der Waals surface area contributed by atoms with E-state index in [1.54, 1.807) is 35.4 Å². The Balaban J connectivity index is 1.36. The second-order valence-electron chi connectivity index (χ2n) is 5.96. The molecule has 2 atom stereocenters. The van der Waals surface area contributed by atoms with Crippen LogP contribution in [0.2, 0.25) is 0 Å². The van der Waals surface area contributed by atoms with Gasteiger partial charge in [0.15, 0.2) is 11.6 Å². The summed E-state index contributed by atoms with van der Waals surface area (Å²) in [7, 11) is 0. The average Bonchev–Trinajstić information content (AvgIpc) is 2.99. The smallest absolute Gasteiger partial charge is 0.306 e. The zero-order valence-electron chi connectivity index (χ0n) is 13.1. The van der Waals surface area contributed by atoms with E-state index in [9.17, 15) is 4.79 Å². The zero-order valence-corrected chi connectivity index (χ0v) is 13.1. The molecule has 2 amide bonds. The third-order valence-electron chi connectivity index (χ3n) is 4.09. The minimum absolute atomic E-state index is 0.356. The highest BCUT2D eigenvalue weighted by molar-refractivity contribution is 5.99. The first-order valence-corrected chi connectivity index (χ1v) is 7.78. The molecule has 1 aliphatic carbocycles. The monoisotopic (exact) mass is 323 g/mol. The van der Waals surface area contributed by atoms with Crippen molar-refractivity contribution in [3.05, 3.63) is 48.5 Å². The Morgan fingerprint density at radius 1 is 1.38 bits per heavy atom. The molecule has 0 bridgehead atoms. The molecule has 3 N–H and O–H groups in total. The fraction of sp³-hybridized carbons (Fsp3) is 0.250. The van der Waals surface area contributed by atoms with Gasteiger partial charge in [0.05, 0.1) is 11.9 Å². The largest absolute Gasteiger partial charge is 0.324 e. The van der Waals surface area contributed by atoms with Crippen LogP contribution in [0.5, 0.6) is 0 Å². The van der Waals surface area contributed by atoms with Gasteiger partial charge in [0, 0.05) is 30.1 Å². The molecule has 0 unspecified atom stereocenters. The molecule has 3 aromatic rings. The average molecular weight is 323 g/mol. The van der Waals surface area contributed by atoms with Crippen molar-refractivity contribution in [2.45, 2.75) is 19.3 Å². The first-order chi connectivity index (χ1) is 11.7. The van der Waals surface area contributed by atoms with Gasteiger partial charge in [-0.15, -0.1) is 0 Å². The number of aromatic nitrogens is 5. The van der Waals surface area contributed by atoms with Crippen molar-refractivity contribution in [3.8, 4) is 5.82 Å².